The summed E-state index contributed by atoms with van der Waals surface area (Å²) in [5, 5.41) is 11.2. The van der Waals surface area contributed by atoms with Crippen molar-refractivity contribution in [2.24, 2.45) is 11.8 Å². The molecule has 1 fully saturated rings. The molecule has 1 saturated heterocycles. The van der Waals surface area contributed by atoms with Crippen molar-refractivity contribution in [3.8, 4) is 11.1 Å². The summed E-state index contributed by atoms with van der Waals surface area (Å²) in [6.07, 6.45) is 2.65. The van der Waals surface area contributed by atoms with Gasteiger partial charge in [-0.15, -0.1) is 0 Å². The zero-order valence-electron chi connectivity index (χ0n) is 16.0. The first-order chi connectivity index (χ1) is 13.9. The quantitative estimate of drug-likeness (QED) is 0.589. The molecule has 0 bridgehead atoms. The van der Waals surface area contributed by atoms with Gasteiger partial charge in [-0.25, -0.2) is 9.97 Å². The average Bonchev–Trinajstić information content (AvgIpc) is 2.68. The SMILES string of the molecule is CC1CC(CC(=O)O)CN(c2ncnc3cccc(-c4ccc(Cl)c(Cl)c4)c23)C1. The van der Waals surface area contributed by atoms with E-state index < -0.39 is 5.97 Å². The maximum atomic E-state index is 11.3. The lowest BCUT2D eigenvalue weighted by atomic mass is 9.88. The van der Waals surface area contributed by atoms with Crippen molar-refractivity contribution >= 4 is 45.9 Å². The summed E-state index contributed by atoms with van der Waals surface area (Å²) >= 11 is 12.4. The Morgan fingerprint density at radius 3 is 2.76 bits per heavy atom. The van der Waals surface area contributed by atoms with Crippen LogP contribution in [0.5, 0.6) is 0 Å². The largest absolute Gasteiger partial charge is 0.481 e. The van der Waals surface area contributed by atoms with Crippen LogP contribution < -0.4 is 4.90 Å². The van der Waals surface area contributed by atoms with Crippen molar-refractivity contribution in [1.29, 1.82) is 0 Å². The highest BCUT2D eigenvalue weighted by molar-refractivity contribution is 6.42. The van der Waals surface area contributed by atoms with Crippen molar-refractivity contribution in [3.63, 3.8) is 0 Å². The van der Waals surface area contributed by atoms with Crippen LogP contribution in [-0.4, -0.2) is 34.1 Å². The summed E-state index contributed by atoms with van der Waals surface area (Å²) in [4.78, 5) is 22.5. The predicted molar refractivity (Wildman–Crippen MR) is 117 cm³/mol. The van der Waals surface area contributed by atoms with Crippen LogP contribution in [0.25, 0.3) is 22.0 Å². The molecule has 0 saturated carbocycles. The third kappa shape index (κ3) is 4.16. The van der Waals surface area contributed by atoms with E-state index >= 15 is 0 Å². The summed E-state index contributed by atoms with van der Waals surface area (Å²) in [6, 6.07) is 11.5. The molecule has 0 radical (unpaired) electrons. The number of fused-ring (bicyclic) bond motifs is 1. The van der Waals surface area contributed by atoms with Crippen LogP contribution in [0.3, 0.4) is 0 Å². The number of hydrogen-bond acceptors (Lipinski definition) is 4. The van der Waals surface area contributed by atoms with Crippen molar-refractivity contribution in [2.45, 2.75) is 19.8 Å². The van der Waals surface area contributed by atoms with Gasteiger partial charge >= 0.3 is 5.97 Å². The van der Waals surface area contributed by atoms with Crippen LogP contribution in [0.1, 0.15) is 19.8 Å². The van der Waals surface area contributed by atoms with Gasteiger partial charge in [0.1, 0.15) is 12.1 Å². The fourth-order valence-corrected chi connectivity index (χ4v) is 4.58. The molecule has 29 heavy (non-hydrogen) atoms. The lowest BCUT2D eigenvalue weighted by molar-refractivity contribution is -0.138. The Hall–Kier alpha value is -2.37. The number of carbonyl (C=O) groups is 1. The van der Waals surface area contributed by atoms with Crippen LogP contribution >= 0.6 is 23.2 Å². The van der Waals surface area contributed by atoms with Gasteiger partial charge in [-0.3, -0.25) is 4.79 Å². The second-order valence-electron chi connectivity index (χ2n) is 7.74. The number of halogens is 2. The van der Waals surface area contributed by atoms with Gasteiger partial charge in [0.15, 0.2) is 0 Å². The molecule has 0 amide bonds. The molecule has 5 nitrogen and oxygen atoms in total. The molecule has 0 aliphatic carbocycles. The van der Waals surface area contributed by atoms with Gasteiger partial charge in [0.05, 0.1) is 20.9 Å². The van der Waals surface area contributed by atoms with Crippen molar-refractivity contribution in [3.05, 3.63) is 52.8 Å². The maximum Gasteiger partial charge on any atom is 0.303 e. The number of aromatic nitrogens is 2. The Bertz CT molecular complexity index is 1070. The number of carboxylic acids is 1. The zero-order chi connectivity index (χ0) is 20.5. The molecule has 1 N–H and O–H groups in total. The molecular weight excluding hydrogens is 409 g/mol. The topological polar surface area (TPSA) is 66.3 Å². The molecule has 0 spiro atoms. The van der Waals surface area contributed by atoms with E-state index in [-0.39, 0.29) is 12.3 Å². The molecule has 2 heterocycles. The van der Waals surface area contributed by atoms with E-state index in [0.29, 0.717) is 22.5 Å². The second-order valence-corrected chi connectivity index (χ2v) is 8.55. The molecule has 150 valence electrons. The number of rotatable bonds is 4. The highest BCUT2D eigenvalue weighted by Crippen LogP contribution is 2.38. The summed E-state index contributed by atoms with van der Waals surface area (Å²) in [5.74, 6) is 0.556. The van der Waals surface area contributed by atoms with E-state index in [4.69, 9.17) is 23.2 Å². The second kappa shape index (κ2) is 8.17. The number of aliphatic carboxylic acids is 1. The average molecular weight is 430 g/mol. The van der Waals surface area contributed by atoms with E-state index in [1.807, 2.05) is 30.3 Å². The monoisotopic (exact) mass is 429 g/mol. The Morgan fingerprint density at radius 1 is 1.17 bits per heavy atom. The van der Waals surface area contributed by atoms with E-state index in [2.05, 4.69) is 21.8 Å². The van der Waals surface area contributed by atoms with Gasteiger partial charge in [-0.05, 0) is 47.6 Å². The summed E-state index contributed by atoms with van der Waals surface area (Å²) in [6.45, 7) is 3.65. The smallest absolute Gasteiger partial charge is 0.303 e. The number of piperidine rings is 1. The zero-order valence-corrected chi connectivity index (χ0v) is 17.5. The molecule has 1 aliphatic heterocycles. The molecule has 7 heteroatoms. The van der Waals surface area contributed by atoms with E-state index in [0.717, 1.165) is 40.8 Å². The minimum Gasteiger partial charge on any atom is -0.481 e. The normalized spacial score (nSPS) is 19.5. The van der Waals surface area contributed by atoms with Gasteiger partial charge in [0, 0.05) is 19.5 Å². The van der Waals surface area contributed by atoms with Crippen LogP contribution in [0, 0.1) is 11.8 Å². The first-order valence-corrected chi connectivity index (χ1v) is 10.3. The molecular formula is C22H21Cl2N3O2. The van der Waals surface area contributed by atoms with Crippen LogP contribution in [-0.2, 0) is 4.79 Å². The van der Waals surface area contributed by atoms with Gasteiger partial charge in [-0.2, -0.15) is 0 Å². The molecule has 1 aromatic heterocycles. The number of nitrogens with zero attached hydrogens (tertiary/aromatic N) is 3. The first-order valence-electron chi connectivity index (χ1n) is 9.58. The van der Waals surface area contributed by atoms with Crippen molar-refractivity contribution < 1.29 is 9.90 Å². The summed E-state index contributed by atoms with van der Waals surface area (Å²) in [7, 11) is 0. The molecule has 4 rings (SSSR count). The minimum atomic E-state index is -0.756. The Kier molecular flexibility index (Phi) is 5.61. The van der Waals surface area contributed by atoms with Crippen LogP contribution in [0.2, 0.25) is 10.0 Å². The van der Waals surface area contributed by atoms with Crippen molar-refractivity contribution in [1.82, 2.24) is 9.97 Å². The highest BCUT2D eigenvalue weighted by atomic mass is 35.5. The lowest BCUT2D eigenvalue weighted by Crippen LogP contribution is -2.41. The van der Waals surface area contributed by atoms with Gasteiger partial charge in [0.25, 0.3) is 0 Å². The van der Waals surface area contributed by atoms with Gasteiger partial charge in [-0.1, -0.05) is 48.3 Å². The summed E-state index contributed by atoms with van der Waals surface area (Å²) < 4.78 is 0. The van der Waals surface area contributed by atoms with Crippen LogP contribution in [0.4, 0.5) is 5.82 Å². The fraction of sp³-hybridized carbons (Fsp3) is 0.318. The Labute approximate surface area is 179 Å². The standard InChI is InChI=1S/C22H21Cl2N3O2/c1-13-7-14(8-20(28)29)11-27(10-13)22-21-16(3-2-4-19(21)25-12-26-22)15-5-6-17(23)18(24)9-15/h2-6,9,12-14H,7-8,10-11H2,1H3,(H,28,29). The van der Waals surface area contributed by atoms with Crippen molar-refractivity contribution in [2.75, 3.05) is 18.0 Å². The number of benzene rings is 2. The molecule has 2 unspecified atom stereocenters. The van der Waals surface area contributed by atoms with E-state index in [9.17, 15) is 9.90 Å². The maximum absolute atomic E-state index is 11.3. The highest BCUT2D eigenvalue weighted by Gasteiger charge is 2.28. The summed E-state index contributed by atoms with van der Waals surface area (Å²) in [5.41, 5.74) is 2.75. The predicted octanol–water partition coefficient (Wildman–Crippen LogP) is 5.54. The number of anilines is 1. The third-order valence-corrected chi connectivity index (χ3v) is 6.12. The fourth-order valence-electron chi connectivity index (χ4n) is 4.29. The Balaban J connectivity index is 1.83. The molecule has 2 aromatic carbocycles. The molecule has 1 aliphatic rings. The first kappa shape index (κ1) is 19.9. The third-order valence-electron chi connectivity index (χ3n) is 5.38. The van der Waals surface area contributed by atoms with E-state index in [1.54, 1.807) is 12.4 Å². The Morgan fingerprint density at radius 2 is 2.00 bits per heavy atom. The van der Waals surface area contributed by atoms with Crippen LogP contribution in [0.15, 0.2) is 42.7 Å². The van der Waals surface area contributed by atoms with Gasteiger partial charge < -0.3 is 10.0 Å². The minimum absolute atomic E-state index is 0.0957. The molecule has 3 aromatic rings. The number of hydrogen-bond donors (Lipinski definition) is 1. The van der Waals surface area contributed by atoms with Gasteiger partial charge in [0.2, 0.25) is 0 Å². The lowest BCUT2D eigenvalue weighted by Gasteiger charge is -2.37. The molecule has 2 atom stereocenters. The van der Waals surface area contributed by atoms with E-state index in [1.165, 1.54) is 0 Å². The number of carboxylic acid groups (broad SMARTS) is 1.